The lowest BCUT2D eigenvalue weighted by atomic mass is 10.3. The van der Waals surface area contributed by atoms with Gasteiger partial charge in [-0.2, -0.15) is 0 Å². The second kappa shape index (κ2) is 6.92. The van der Waals surface area contributed by atoms with E-state index in [0.717, 1.165) is 25.2 Å². The van der Waals surface area contributed by atoms with E-state index in [1.807, 2.05) is 42.6 Å². The van der Waals surface area contributed by atoms with Gasteiger partial charge in [0.15, 0.2) is 4.34 Å². The van der Waals surface area contributed by atoms with Crippen LogP contribution in [0.1, 0.15) is 12.8 Å². The maximum atomic E-state index is 5.70. The molecule has 0 saturated carbocycles. The number of hydrogen-bond acceptors (Lipinski definition) is 8. The molecule has 24 heavy (non-hydrogen) atoms. The lowest BCUT2D eigenvalue weighted by molar-refractivity contribution is 0.341. The summed E-state index contributed by atoms with van der Waals surface area (Å²) in [6.45, 7) is 2.64. The fraction of sp³-hybridized carbons (Fsp3) is 0.188. The van der Waals surface area contributed by atoms with E-state index >= 15 is 0 Å². The Morgan fingerprint density at radius 2 is 2.21 bits per heavy atom. The number of ether oxygens (including phenoxy) is 1. The van der Waals surface area contributed by atoms with Crippen LogP contribution < -0.4 is 4.74 Å². The van der Waals surface area contributed by atoms with Crippen molar-refractivity contribution >= 4 is 44.7 Å². The standard InChI is InChI=1S/C16H13N3O2S3/c1-2-20-10-5-6-11-13(8-10)24-16(17-11)23-9-14-18-19-15(21-14)12-4-3-7-22-12/h3-8H,2,9H2,1H3. The van der Waals surface area contributed by atoms with Crippen molar-refractivity contribution in [3.8, 4) is 16.5 Å². The summed E-state index contributed by atoms with van der Waals surface area (Å²) in [4.78, 5) is 5.61. The van der Waals surface area contributed by atoms with Crippen LogP contribution in [-0.2, 0) is 5.75 Å². The SMILES string of the molecule is CCOc1ccc2nc(SCc3nnc(-c4cccs4)o3)sc2c1. The Hall–Kier alpha value is -1.90. The molecule has 8 heteroatoms. The van der Waals surface area contributed by atoms with Gasteiger partial charge in [0, 0.05) is 0 Å². The van der Waals surface area contributed by atoms with E-state index in [-0.39, 0.29) is 0 Å². The molecule has 0 fully saturated rings. The van der Waals surface area contributed by atoms with Gasteiger partial charge in [-0.15, -0.1) is 32.9 Å². The average Bonchev–Trinajstić information content (AvgIpc) is 3.32. The molecule has 0 amide bonds. The number of thiazole rings is 1. The van der Waals surface area contributed by atoms with Crippen molar-refractivity contribution in [1.29, 1.82) is 0 Å². The number of fused-ring (bicyclic) bond motifs is 1. The molecule has 0 saturated heterocycles. The summed E-state index contributed by atoms with van der Waals surface area (Å²) in [5.41, 5.74) is 0.982. The van der Waals surface area contributed by atoms with Gasteiger partial charge in [0.2, 0.25) is 5.89 Å². The highest BCUT2D eigenvalue weighted by molar-refractivity contribution is 8.00. The van der Waals surface area contributed by atoms with E-state index < -0.39 is 0 Å². The molecule has 0 N–H and O–H groups in total. The Morgan fingerprint density at radius 1 is 1.25 bits per heavy atom. The molecule has 122 valence electrons. The number of thioether (sulfide) groups is 1. The predicted octanol–water partition coefficient (Wildman–Crippen LogP) is 5.10. The zero-order valence-corrected chi connectivity index (χ0v) is 15.2. The van der Waals surface area contributed by atoms with Crippen LogP contribution in [0, 0.1) is 0 Å². The van der Waals surface area contributed by atoms with E-state index in [1.165, 1.54) is 0 Å². The fourth-order valence-corrected chi connectivity index (χ4v) is 4.72. The molecular weight excluding hydrogens is 362 g/mol. The summed E-state index contributed by atoms with van der Waals surface area (Å²) in [5, 5.41) is 10.2. The zero-order chi connectivity index (χ0) is 16.4. The number of nitrogens with zero attached hydrogens (tertiary/aromatic N) is 3. The first-order valence-corrected chi connectivity index (χ1v) is 10.0. The minimum Gasteiger partial charge on any atom is -0.494 e. The van der Waals surface area contributed by atoms with Crippen molar-refractivity contribution in [2.45, 2.75) is 17.0 Å². The van der Waals surface area contributed by atoms with Gasteiger partial charge in [0.1, 0.15) is 5.75 Å². The highest BCUT2D eigenvalue weighted by Crippen LogP contribution is 2.33. The second-order valence-electron chi connectivity index (χ2n) is 4.81. The average molecular weight is 376 g/mol. The third-order valence-electron chi connectivity index (χ3n) is 3.17. The summed E-state index contributed by atoms with van der Waals surface area (Å²) in [6, 6.07) is 9.91. The van der Waals surface area contributed by atoms with Crippen molar-refractivity contribution in [1.82, 2.24) is 15.2 Å². The molecule has 0 atom stereocenters. The summed E-state index contributed by atoms with van der Waals surface area (Å²) in [7, 11) is 0. The lowest BCUT2D eigenvalue weighted by Gasteiger charge is -2.00. The molecule has 0 aliphatic carbocycles. The van der Waals surface area contributed by atoms with Crippen molar-refractivity contribution in [2.75, 3.05) is 6.61 Å². The smallest absolute Gasteiger partial charge is 0.257 e. The van der Waals surface area contributed by atoms with E-state index in [9.17, 15) is 0 Å². The van der Waals surface area contributed by atoms with Gasteiger partial charge < -0.3 is 9.15 Å². The fourth-order valence-electron chi connectivity index (χ4n) is 2.14. The van der Waals surface area contributed by atoms with Gasteiger partial charge >= 0.3 is 0 Å². The highest BCUT2D eigenvalue weighted by atomic mass is 32.2. The Labute approximate surface area is 150 Å². The van der Waals surface area contributed by atoms with Crippen LogP contribution in [0.2, 0.25) is 0 Å². The molecule has 0 spiro atoms. The summed E-state index contributed by atoms with van der Waals surface area (Å²) >= 11 is 4.83. The number of aromatic nitrogens is 3. The number of hydrogen-bond donors (Lipinski definition) is 0. The van der Waals surface area contributed by atoms with E-state index in [2.05, 4.69) is 15.2 Å². The molecule has 0 unspecified atom stereocenters. The van der Waals surface area contributed by atoms with Crippen LogP contribution in [0.15, 0.2) is 44.5 Å². The van der Waals surface area contributed by atoms with Crippen molar-refractivity contribution in [2.24, 2.45) is 0 Å². The monoisotopic (exact) mass is 375 g/mol. The van der Waals surface area contributed by atoms with E-state index in [4.69, 9.17) is 9.15 Å². The molecule has 4 rings (SSSR count). The number of benzene rings is 1. The minimum atomic E-state index is 0.575. The maximum Gasteiger partial charge on any atom is 0.257 e. The van der Waals surface area contributed by atoms with Crippen LogP contribution in [0.5, 0.6) is 5.75 Å². The summed E-state index contributed by atoms with van der Waals surface area (Å²) in [6.07, 6.45) is 0. The first-order chi connectivity index (χ1) is 11.8. The quantitative estimate of drug-likeness (QED) is 0.437. The van der Waals surface area contributed by atoms with Gasteiger partial charge in [-0.25, -0.2) is 4.98 Å². The third kappa shape index (κ3) is 3.31. The topological polar surface area (TPSA) is 61.0 Å². The van der Waals surface area contributed by atoms with Gasteiger partial charge in [-0.3, -0.25) is 0 Å². The Kier molecular flexibility index (Phi) is 4.50. The van der Waals surface area contributed by atoms with Crippen molar-refractivity contribution in [3.05, 3.63) is 41.6 Å². The minimum absolute atomic E-state index is 0.575. The molecule has 0 bridgehead atoms. The molecule has 0 radical (unpaired) electrons. The van der Waals surface area contributed by atoms with Crippen LogP contribution in [0.4, 0.5) is 0 Å². The summed E-state index contributed by atoms with van der Waals surface area (Å²) in [5.74, 6) is 2.67. The molecule has 1 aromatic carbocycles. The highest BCUT2D eigenvalue weighted by Gasteiger charge is 2.11. The molecular formula is C16H13N3O2S3. The first kappa shape index (κ1) is 15.6. The van der Waals surface area contributed by atoms with Gasteiger partial charge in [-0.1, -0.05) is 17.8 Å². The zero-order valence-electron chi connectivity index (χ0n) is 12.8. The van der Waals surface area contributed by atoms with Crippen LogP contribution >= 0.6 is 34.4 Å². The Balaban J connectivity index is 1.46. The van der Waals surface area contributed by atoms with Gasteiger partial charge in [0.25, 0.3) is 5.89 Å². The third-order valence-corrected chi connectivity index (χ3v) is 6.17. The van der Waals surface area contributed by atoms with E-state index in [1.54, 1.807) is 34.4 Å². The van der Waals surface area contributed by atoms with E-state index in [0.29, 0.717) is 24.1 Å². The van der Waals surface area contributed by atoms with Crippen molar-refractivity contribution in [3.63, 3.8) is 0 Å². The maximum absolute atomic E-state index is 5.70. The summed E-state index contributed by atoms with van der Waals surface area (Å²) < 4.78 is 13.3. The number of thiophene rings is 1. The molecule has 3 aromatic heterocycles. The Morgan fingerprint density at radius 3 is 3.04 bits per heavy atom. The first-order valence-electron chi connectivity index (χ1n) is 7.34. The van der Waals surface area contributed by atoms with Crippen LogP contribution in [0.25, 0.3) is 21.0 Å². The molecule has 4 aromatic rings. The van der Waals surface area contributed by atoms with Gasteiger partial charge in [-0.05, 0) is 36.6 Å². The molecule has 5 nitrogen and oxygen atoms in total. The predicted molar refractivity (Wildman–Crippen MR) is 98.0 cm³/mol. The molecule has 0 aliphatic heterocycles. The Bertz CT molecular complexity index is 947. The lowest BCUT2D eigenvalue weighted by Crippen LogP contribution is -1.89. The largest absolute Gasteiger partial charge is 0.494 e. The van der Waals surface area contributed by atoms with Crippen LogP contribution in [0.3, 0.4) is 0 Å². The van der Waals surface area contributed by atoms with Crippen molar-refractivity contribution < 1.29 is 9.15 Å². The van der Waals surface area contributed by atoms with Crippen LogP contribution in [-0.4, -0.2) is 21.8 Å². The number of rotatable bonds is 6. The van der Waals surface area contributed by atoms with Gasteiger partial charge in [0.05, 0.1) is 27.5 Å². The normalized spacial score (nSPS) is 11.2. The molecule has 3 heterocycles. The molecule has 0 aliphatic rings. The second-order valence-corrected chi connectivity index (χ2v) is 8.01.